The molecule has 0 saturated heterocycles. The highest BCUT2D eigenvalue weighted by Crippen LogP contribution is 2.74. The summed E-state index contributed by atoms with van der Waals surface area (Å²) in [7, 11) is 1.49. The van der Waals surface area contributed by atoms with Crippen molar-refractivity contribution in [1.82, 2.24) is 0 Å². The van der Waals surface area contributed by atoms with Gasteiger partial charge in [0.25, 0.3) is 0 Å². The number of nitriles is 1. The van der Waals surface area contributed by atoms with Gasteiger partial charge in [-0.05, 0) is 79.1 Å². The number of hydrogen-bond acceptors (Lipinski definition) is 5. The van der Waals surface area contributed by atoms with Gasteiger partial charge in [-0.15, -0.1) is 0 Å². The molecule has 5 aliphatic rings. The van der Waals surface area contributed by atoms with E-state index in [1.54, 1.807) is 0 Å². The Morgan fingerprint density at radius 1 is 1.00 bits per heavy atom. The molecule has 1 unspecified atom stereocenters. The number of Topliss-reactive ketones (excluding diaryl/α,β-unsaturated/α-hetero) is 1. The van der Waals surface area contributed by atoms with Gasteiger partial charge in [-0.2, -0.15) is 5.26 Å². The van der Waals surface area contributed by atoms with E-state index >= 15 is 0 Å². The van der Waals surface area contributed by atoms with Crippen LogP contribution in [-0.4, -0.2) is 24.6 Å². The van der Waals surface area contributed by atoms with Gasteiger partial charge in [-0.1, -0.05) is 60.1 Å². The number of carbonyl (C=O) groups is 3. The van der Waals surface area contributed by atoms with Crippen molar-refractivity contribution < 1.29 is 19.1 Å². The van der Waals surface area contributed by atoms with Crippen LogP contribution in [0, 0.1) is 61.6 Å². The van der Waals surface area contributed by atoms with E-state index in [9.17, 15) is 19.6 Å². The first-order valence-corrected chi connectivity index (χ1v) is 14.1. The Hall–Kier alpha value is -2.22. The van der Waals surface area contributed by atoms with Gasteiger partial charge in [0.05, 0.1) is 18.1 Å². The van der Waals surface area contributed by atoms with Crippen LogP contribution in [0.1, 0.15) is 93.4 Å². The highest BCUT2D eigenvalue weighted by Gasteiger charge is 2.71. The molecule has 0 spiro atoms. The van der Waals surface area contributed by atoms with Crippen LogP contribution < -0.4 is 0 Å². The minimum atomic E-state index is -0.693. The number of hydrogen-bond donors (Lipinski definition) is 0. The molecular weight excluding hydrogens is 462 g/mol. The molecule has 5 nitrogen and oxygen atoms in total. The van der Waals surface area contributed by atoms with Crippen molar-refractivity contribution in [3.05, 3.63) is 23.3 Å². The predicted octanol–water partition coefficient (Wildman–Crippen LogP) is 6.38. The maximum absolute atomic E-state index is 14.4. The Bertz CT molecular complexity index is 1200. The van der Waals surface area contributed by atoms with Crippen molar-refractivity contribution in [2.75, 3.05) is 7.11 Å². The summed E-state index contributed by atoms with van der Waals surface area (Å²) in [5, 5.41) is 9.87. The molecule has 5 heteroatoms. The van der Waals surface area contributed by atoms with Gasteiger partial charge in [0.1, 0.15) is 6.07 Å². The maximum atomic E-state index is 14.4. The predicted molar refractivity (Wildman–Crippen MR) is 141 cm³/mol. The Morgan fingerprint density at radius 2 is 1.65 bits per heavy atom. The fraction of sp³-hybridized carbons (Fsp3) is 0.750. The van der Waals surface area contributed by atoms with E-state index in [2.05, 4.69) is 40.7 Å². The van der Waals surface area contributed by atoms with Gasteiger partial charge in [0, 0.05) is 16.7 Å². The Morgan fingerprint density at radius 3 is 2.27 bits per heavy atom. The monoisotopic (exact) mass is 505 g/mol. The molecular formula is C32H43NO4. The molecule has 7 atom stereocenters. The lowest BCUT2D eigenvalue weighted by Gasteiger charge is -2.69. The number of esters is 1. The normalized spacial score (nSPS) is 45.6. The lowest BCUT2D eigenvalue weighted by Crippen LogP contribution is -2.66. The van der Waals surface area contributed by atoms with Crippen molar-refractivity contribution in [3.8, 4) is 6.07 Å². The second kappa shape index (κ2) is 7.67. The minimum absolute atomic E-state index is 0.00320. The molecule has 5 rings (SSSR count). The molecule has 0 amide bonds. The Kier molecular flexibility index (Phi) is 5.47. The van der Waals surface area contributed by atoms with Gasteiger partial charge < -0.3 is 4.74 Å². The fourth-order valence-corrected chi connectivity index (χ4v) is 10.2. The average molecular weight is 506 g/mol. The van der Waals surface area contributed by atoms with E-state index in [-0.39, 0.29) is 57.1 Å². The number of carbonyl (C=O) groups excluding carboxylic acids is 3. The van der Waals surface area contributed by atoms with E-state index in [0.29, 0.717) is 0 Å². The van der Waals surface area contributed by atoms with Crippen LogP contribution in [0.4, 0.5) is 0 Å². The fourth-order valence-electron chi connectivity index (χ4n) is 10.2. The van der Waals surface area contributed by atoms with Gasteiger partial charge in [0.15, 0.2) is 11.6 Å². The highest BCUT2D eigenvalue weighted by atomic mass is 16.5. The summed E-state index contributed by atoms with van der Waals surface area (Å²) < 4.78 is 5.41. The highest BCUT2D eigenvalue weighted by molar-refractivity contribution is 6.05. The lowest BCUT2D eigenvalue weighted by atomic mass is 9.34. The summed E-state index contributed by atoms with van der Waals surface area (Å²) in [6.45, 7) is 15.2. The third kappa shape index (κ3) is 3.11. The second-order valence-corrected chi connectivity index (χ2v) is 14.9. The van der Waals surface area contributed by atoms with Crippen LogP contribution in [0.25, 0.3) is 0 Å². The number of methoxy groups -OCH3 is 1. The summed E-state index contributed by atoms with van der Waals surface area (Å²) in [6, 6.07) is 2.16. The Balaban J connectivity index is 1.70. The van der Waals surface area contributed by atoms with Crippen LogP contribution in [0.3, 0.4) is 0 Å². The zero-order valence-corrected chi connectivity index (χ0v) is 23.9. The van der Waals surface area contributed by atoms with Crippen molar-refractivity contribution in [2.45, 2.75) is 93.4 Å². The summed E-state index contributed by atoms with van der Waals surface area (Å²) in [5.41, 5.74) is -0.988. The van der Waals surface area contributed by atoms with Gasteiger partial charge >= 0.3 is 5.97 Å². The zero-order chi connectivity index (χ0) is 27.4. The summed E-state index contributed by atoms with van der Waals surface area (Å²) in [4.78, 5) is 40.9. The topological polar surface area (TPSA) is 84.2 Å². The van der Waals surface area contributed by atoms with Crippen molar-refractivity contribution >= 4 is 17.5 Å². The number of fused-ring (bicyclic) bond motifs is 7. The smallest absolute Gasteiger partial charge is 0.312 e. The minimum Gasteiger partial charge on any atom is -0.469 e. The van der Waals surface area contributed by atoms with Gasteiger partial charge in [-0.3, -0.25) is 14.4 Å². The molecule has 0 heterocycles. The molecule has 5 aliphatic carbocycles. The first-order chi connectivity index (χ1) is 17.0. The summed E-state index contributed by atoms with van der Waals surface area (Å²) in [6.07, 6.45) is 9.71. The third-order valence-electron chi connectivity index (χ3n) is 12.4. The quantitative estimate of drug-likeness (QED) is 0.386. The summed E-state index contributed by atoms with van der Waals surface area (Å²) >= 11 is 0. The van der Waals surface area contributed by atoms with Crippen molar-refractivity contribution in [3.63, 3.8) is 0 Å². The second-order valence-electron chi connectivity index (χ2n) is 14.9. The number of ketones is 2. The van der Waals surface area contributed by atoms with Crippen LogP contribution in [0.2, 0.25) is 0 Å². The molecule has 3 fully saturated rings. The number of ether oxygens (including phenoxy) is 1. The number of allylic oxidation sites excluding steroid dienone is 4. The van der Waals surface area contributed by atoms with Crippen LogP contribution in [-0.2, 0) is 19.1 Å². The molecule has 0 N–H and O–H groups in total. The molecule has 200 valence electrons. The maximum Gasteiger partial charge on any atom is 0.312 e. The molecule has 0 aromatic rings. The van der Waals surface area contributed by atoms with Crippen molar-refractivity contribution in [2.24, 2.45) is 50.2 Å². The lowest BCUT2D eigenvalue weighted by molar-refractivity contribution is -0.180. The van der Waals surface area contributed by atoms with E-state index in [1.165, 1.54) is 7.11 Å². The Labute approximate surface area is 222 Å². The van der Waals surface area contributed by atoms with Crippen LogP contribution in [0.5, 0.6) is 0 Å². The molecule has 0 aromatic carbocycles. The average Bonchev–Trinajstić information content (AvgIpc) is 2.81. The van der Waals surface area contributed by atoms with Gasteiger partial charge in [0.2, 0.25) is 0 Å². The number of nitrogens with zero attached hydrogens (tertiary/aromatic N) is 1. The van der Waals surface area contributed by atoms with Gasteiger partial charge in [-0.25, -0.2) is 0 Å². The molecule has 37 heavy (non-hydrogen) atoms. The van der Waals surface area contributed by atoms with Crippen LogP contribution >= 0.6 is 0 Å². The van der Waals surface area contributed by atoms with E-state index < -0.39 is 16.2 Å². The third-order valence-corrected chi connectivity index (χ3v) is 12.4. The largest absolute Gasteiger partial charge is 0.469 e. The van der Waals surface area contributed by atoms with E-state index in [0.717, 1.165) is 50.5 Å². The zero-order valence-electron chi connectivity index (χ0n) is 23.9. The molecule has 3 saturated carbocycles. The first kappa shape index (κ1) is 26.4. The van der Waals surface area contributed by atoms with Crippen molar-refractivity contribution in [1.29, 1.82) is 5.26 Å². The van der Waals surface area contributed by atoms with E-state index in [4.69, 9.17) is 4.74 Å². The summed E-state index contributed by atoms with van der Waals surface area (Å²) in [5.74, 6) is -0.451. The molecule has 0 aliphatic heterocycles. The molecule has 0 aromatic heterocycles. The molecule has 0 bridgehead atoms. The molecule has 0 radical (unpaired) electrons. The standard InChI is InChI=1S/C32H43NO4/c1-27(2)11-13-32(26(36)37-8)14-12-30(6)20(21(32)17-27)15-22(34)24-29(5)16-19(18-33)25(35)28(3,4)23(29)9-10-31(24,30)7/h15-16,21,23-24H,9-14,17H2,1-8H3/t21?,23-,24+,29-,30+,31+,32-/m0/s1. The van der Waals surface area contributed by atoms with E-state index in [1.807, 2.05) is 26.0 Å². The first-order valence-electron chi connectivity index (χ1n) is 14.1. The number of rotatable bonds is 1. The SMILES string of the molecule is COC(=O)[C@]12CCC(C)(C)CC1C1=CC(=O)[C@@H]3[C@@]4(C)C=C(C#N)C(=O)C(C)(C)[C@@H]4CC[C@@]3(C)[C@]1(C)CC2. The van der Waals surface area contributed by atoms with Crippen LogP contribution in [0.15, 0.2) is 23.3 Å².